The maximum Gasteiger partial charge on any atom is 0.586 e. The molecule has 250 valence electrons. The standard InChI is InChI=1S/C32H29F6N3O6/c1-44-26-7-4-18(17-3-2-9-41(10-8-17)20-15-45-16-20)11-22(26)30(43)40-25-14-28-27(46-32(37,38)47-28)13-21(25)29(42)39-19-5-6-24(33)23(12-19)31(34,35)36/h4-7,11-14,17,20H,2-3,8-10,15-16H2,1H3,(H,39,42)(H,40,43). The zero-order chi connectivity index (χ0) is 33.5. The van der Waals surface area contributed by atoms with Crippen molar-refractivity contribution in [2.24, 2.45) is 0 Å². The number of likely N-dealkylation sites (tertiary alicyclic amines) is 1. The Bertz CT molecular complexity index is 1700. The quantitative estimate of drug-likeness (QED) is 0.273. The first-order valence-electron chi connectivity index (χ1n) is 14.7. The Hall–Kier alpha value is -4.50. The third-order valence-corrected chi connectivity index (χ3v) is 8.40. The van der Waals surface area contributed by atoms with Gasteiger partial charge in [0.05, 0.1) is 48.7 Å². The number of anilines is 2. The lowest BCUT2D eigenvalue weighted by Crippen LogP contribution is -2.49. The second kappa shape index (κ2) is 12.6. The topological polar surface area (TPSA) is 98.4 Å². The summed E-state index contributed by atoms with van der Waals surface area (Å²) < 4.78 is 101. The smallest absolute Gasteiger partial charge is 0.496 e. The van der Waals surface area contributed by atoms with Crippen LogP contribution in [0.15, 0.2) is 48.5 Å². The molecule has 2 N–H and O–H groups in total. The van der Waals surface area contributed by atoms with Gasteiger partial charge in [-0.3, -0.25) is 14.5 Å². The predicted octanol–water partition coefficient (Wildman–Crippen LogP) is 6.65. The predicted molar refractivity (Wildman–Crippen MR) is 156 cm³/mol. The van der Waals surface area contributed by atoms with Crippen molar-refractivity contribution in [3.63, 3.8) is 0 Å². The lowest BCUT2D eigenvalue weighted by atomic mass is 9.90. The van der Waals surface area contributed by atoms with E-state index in [1.54, 1.807) is 12.1 Å². The molecule has 0 aromatic heterocycles. The average molecular weight is 666 g/mol. The average Bonchev–Trinajstić information content (AvgIpc) is 3.12. The monoisotopic (exact) mass is 665 g/mol. The van der Waals surface area contributed by atoms with Crippen LogP contribution in [-0.4, -0.2) is 62.5 Å². The lowest BCUT2D eigenvalue weighted by molar-refractivity contribution is -0.286. The van der Waals surface area contributed by atoms with Crippen LogP contribution in [0.3, 0.4) is 0 Å². The van der Waals surface area contributed by atoms with Gasteiger partial charge in [0.25, 0.3) is 11.8 Å². The van der Waals surface area contributed by atoms with Gasteiger partial charge in [-0.15, -0.1) is 8.78 Å². The minimum atomic E-state index is -5.05. The molecule has 9 nitrogen and oxygen atoms in total. The molecule has 1 atom stereocenters. The van der Waals surface area contributed by atoms with Crippen molar-refractivity contribution in [2.45, 2.75) is 43.7 Å². The largest absolute Gasteiger partial charge is 0.586 e. The summed E-state index contributed by atoms with van der Waals surface area (Å²) in [6.45, 7) is 3.24. The van der Waals surface area contributed by atoms with Crippen molar-refractivity contribution in [3.8, 4) is 17.2 Å². The fraction of sp³-hybridized carbons (Fsp3) is 0.375. The van der Waals surface area contributed by atoms with Gasteiger partial charge in [0.2, 0.25) is 0 Å². The molecule has 2 fully saturated rings. The molecule has 3 aliphatic heterocycles. The number of amides is 2. The van der Waals surface area contributed by atoms with E-state index in [0.29, 0.717) is 31.4 Å². The normalized spacial score (nSPS) is 19.4. The van der Waals surface area contributed by atoms with Crippen LogP contribution in [0.1, 0.15) is 57.0 Å². The molecule has 0 spiro atoms. The number of methoxy groups -OCH3 is 1. The van der Waals surface area contributed by atoms with Crippen molar-refractivity contribution >= 4 is 23.2 Å². The van der Waals surface area contributed by atoms with Crippen LogP contribution in [0.25, 0.3) is 0 Å². The van der Waals surface area contributed by atoms with Gasteiger partial charge in [0, 0.05) is 11.8 Å². The Labute approximate surface area is 264 Å². The first-order valence-corrected chi connectivity index (χ1v) is 14.7. The molecule has 6 rings (SSSR count). The van der Waals surface area contributed by atoms with Crippen LogP contribution in [0, 0.1) is 5.82 Å². The van der Waals surface area contributed by atoms with Gasteiger partial charge in [-0.2, -0.15) is 13.2 Å². The molecule has 3 aliphatic rings. The molecule has 3 aromatic carbocycles. The number of nitrogens with zero attached hydrogens (tertiary/aromatic N) is 1. The number of hydrogen-bond donors (Lipinski definition) is 2. The zero-order valence-electron chi connectivity index (χ0n) is 24.9. The Morgan fingerprint density at radius 3 is 2.32 bits per heavy atom. The highest BCUT2D eigenvalue weighted by atomic mass is 19.4. The maximum absolute atomic E-state index is 13.9. The van der Waals surface area contributed by atoms with E-state index in [9.17, 15) is 35.9 Å². The van der Waals surface area contributed by atoms with Crippen molar-refractivity contribution in [2.75, 3.05) is 44.0 Å². The number of carbonyl (C=O) groups excluding carboxylic acids is 2. The van der Waals surface area contributed by atoms with E-state index in [1.165, 1.54) is 7.11 Å². The van der Waals surface area contributed by atoms with Gasteiger partial charge in [0.1, 0.15) is 11.6 Å². The van der Waals surface area contributed by atoms with Gasteiger partial charge in [0.15, 0.2) is 11.5 Å². The summed E-state index contributed by atoms with van der Waals surface area (Å²) in [6, 6.07) is 9.21. The molecule has 15 heteroatoms. The summed E-state index contributed by atoms with van der Waals surface area (Å²) >= 11 is 0. The highest BCUT2D eigenvalue weighted by molar-refractivity contribution is 6.13. The maximum atomic E-state index is 13.9. The van der Waals surface area contributed by atoms with Crippen LogP contribution < -0.4 is 24.8 Å². The van der Waals surface area contributed by atoms with E-state index >= 15 is 0 Å². The van der Waals surface area contributed by atoms with Gasteiger partial charge >= 0.3 is 12.5 Å². The minimum absolute atomic E-state index is 0.0983. The summed E-state index contributed by atoms with van der Waals surface area (Å²) in [7, 11) is 1.37. The third-order valence-electron chi connectivity index (χ3n) is 8.40. The number of hydrogen-bond acceptors (Lipinski definition) is 7. The Balaban J connectivity index is 1.28. The van der Waals surface area contributed by atoms with E-state index in [1.807, 2.05) is 6.07 Å². The van der Waals surface area contributed by atoms with Gasteiger partial charge in [-0.25, -0.2) is 4.39 Å². The fourth-order valence-corrected chi connectivity index (χ4v) is 5.90. The van der Waals surface area contributed by atoms with Crippen molar-refractivity contribution in [1.29, 1.82) is 0 Å². The summed E-state index contributed by atoms with van der Waals surface area (Å²) in [5.74, 6) is -4.12. The molecule has 47 heavy (non-hydrogen) atoms. The van der Waals surface area contributed by atoms with Crippen molar-refractivity contribution < 1.29 is 54.9 Å². The summed E-state index contributed by atoms with van der Waals surface area (Å²) in [5.41, 5.74) is -1.84. The van der Waals surface area contributed by atoms with Crippen LogP contribution in [0.5, 0.6) is 17.2 Å². The van der Waals surface area contributed by atoms with Crippen LogP contribution >= 0.6 is 0 Å². The van der Waals surface area contributed by atoms with Crippen molar-refractivity contribution in [1.82, 2.24) is 4.90 Å². The van der Waals surface area contributed by atoms with E-state index < -0.39 is 58.4 Å². The number of fused-ring (bicyclic) bond motifs is 1. The SMILES string of the molecule is COc1ccc(C2CCCN(C3COC3)CC2)cc1C(=O)Nc1cc2c(cc1C(=O)Nc1ccc(F)c(C(F)(F)F)c1)OC(F)(F)O2. The van der Waals surface area contributed by atoms with E-state index in [4.69, 9.17) is 9.47 Å². The van der Waals surface area contributed by atoms with E-state index in [0.717, 1.165) is 56.1 Å². The molecule has 2 saturated heterocycles. The number of nitrogens with one attached hydrogen (secondary N) is 2. The van der Waals surface area contributed by atoms with Crippen LogP contribution in [0.4, 0.5) is 37.7 Å². The molecule has 3 heterocycles. The van der Waals surface area contributed by atoms with Gasteiger partial charge in [-0.1, -0.05) is 6.07 Å². The number of halogens is 6. The number of carbonyl (C=O) groups is 2. The molecule has 0 saturated carbocycles. The Morgan fingerprint density at radius 1 is 0.915 bits per heavy atom. The highest BCUT2D eigenvalue weighted by Gasteiger charge is 2.44. The molecular weight excluding hydrogens is 636 g/mol. The number of rotatable bonds is 7. The first-order chi connectivity index (χ1) is 22.3. The molecule has 0 bridgehead atoms. The fourth-order valence-electron chi connectivity index (χ4n) is 5.90. The molecule has 0 aliphatic carbocycles. The highest BCUT2D eigenvalue weighted by Crippen LogP contribution is 2.44. The third kappa shape index (κ3) is 6.95. The second-order valence-electron chi connectivity index (χ2n) is 11.4. The van der Waals surface area contributed by atoms with Gasteiger partial charge < -0.3 is 29.6 Å². The number of alkyl halides is 5. The Morgan fingerprint density at radius 2 is 1.64 bits per heavy atom. The van der Waals surface area contributed by atoms with Crippen LogP contribution in [-0.2, 0) is 10.9 Å². The Kier molecular flexibility index (Phi) is 8.70. The second-order valence-corrected chi connectivity index (χ2v) is 11.4. The van der Waals surface area contributed by atoms with E-state index in [-0.39, 0.29) is 22.9 Å². The molecule has 1 unspecified atom stereocenters. The molecule has 3 aromatic rings. The van der Waals surface area contributed by atoms with Gasteiger partial charge in [-0.05, 0) is 80.2 Å². The minimum Gasteiger partial charge on any atom is -0.496 e. The first kappa shape index (κ1) is 32.4. The molecular formula is C32H29F6N3O6. The number of ether oxygens (including phenoxy) is 4. The molecule has 0 radical (unpaired) electrons. The van der Waals surface area contributed by atoms with E-state index in [2.05, 4.69) is 25.0 Å². The zero-order valence-corrected chi connectivity index (χ0v) is 24.9. The van der Waals surface area contributed by atoms with Crippen molar-refractivity contribution in [3.05, 3.63) is 76.6 Å². The molecule has 2 amide bonds. The summed E-state index contributed by atoms with van der Waals surface area (Å²) in [6.07, 6.45) is -6.44. The number of benzene rings is 3. The lowest BCUT2D eigenvalue weighted by Gasteiger charge is -2.36. The summed E-state index contributed by atoms with van der Waals surface area (Å²) in [4.78, 5) is 29.4. The van der Waals surface area contributed by atoms with Crippen LogP contribution in [0.2, 0.25) is 0 Å². The summed E-state index contributed by atoms with van der Waals surface area (Å²) in [5, 5.41) is 4.71.